The van der Waals surface area contributed by atoms with Gasteiger partial charge < -0.3 is 0 Å². The summed E-state index contributed by atoms with van der Waals surface area (Å²) < 4.78 is 4.31. The molecule has 1 aliphatic rings. The molecule has 0 fully saturated rings. The van der Waals surface area contributed by atoms with Crippen molar-refractivity contribution in [3.8, 4) is 0 Å². The van der Waals surface area contributed by atoms with Crippen LogP contribution in [-0.4, -0.2) is 11.8 Å². The quantitative estimate of drug-likeness (QED) is 0.621. The first-order chi connectivity index (χ1) is 9.79. The summed E-state index contributed by atoms with van der Waals surface area (Å²) in [5.74, 6) is -0.358. The highest BCUT2D eigenvalue weighted by Gasteiger charge is 2.15. The molecule has 2 aromatic rings. The standard InChI is InChI=1S/C16H12ClNOS/c17-11-16(19)18-20-14-7-3-1-5-12(14)9-10-13-6-2-4-8-15(13)20/h1-10H,11H2. The summed E-state index contributed by atoms with van der Waals surface area (Å²) in [4.78, 5) is 13.8. The molecular weight excluding hydrogens is 290 g/mol. The summed E-state index contributed by atoms with van der Waals surface area (Å²) in [6.07, 6.45) is 4.14. The average molecular weight is 302 g/mol. The highest BCUT2D eigenvalue weighted by Crippen LogP contribution is 2.30. The van der Waals surface area contributed by atoms with Crippen LogP contribution >= 0.6 is 11.6 Å². The van der Waals surface area contributed by atoms with Crippen LogP contribution in [0.1, 0.15) is 11.1 Å². The zero-order valence-corrected chi connectivity index (χ0v) is 12.2. The molecule has 2 nitrogen and oxygen atoms in total. The minimum atomic E-state index is -0.613. The molecule has 0 radical (unpaired) electrons. The fourth-order valence-corrected chi connectivity index (χ4v) is 4.08. The van der Waals surface area contributed by atoms with Gasteiger partial charge in [0.25, 0.3) is 5.91 Å². The van der Waals surface area contributed by atoms with Crippen molar-refractivity contribution in [2.45, 2.75) is 9.79 Å². The van der Waals surface area contributed by atoms with Crippen LogP contribution in [0.25, 0.3) is 12.2 Å². The molecule has 20 heavy (non-hydrogen) atoms. The van der Waals surface area contributed by atoms with Gasteiger partial charge in [-0.05, 0) is 34.0 Å². The van der Waals surface area contributed by atoms with E-state index in [-0.39, 0.29) is 11.8 Å². The number of amides is 1. The number of rotatable bonds is 1. The second-order valence-electron chi connectivity index (χ2n) is 4.31. The van der Waals surface area contributed by atoms with E-state index in [4.69, 9.17) is 11.6 Å². The first-order valence-corrected chi connectivity index (χ1v) is 7.92. The van der Waals surface area contributed by atoms with E-state index in [1.165, 1.54) is 0 Å². The highest BCUT2D eigenvalue weighted by atomic mass is 35.5. The van der Waals surface area contributed by atoms with Crippen molar-refractivity contribution >= 4 is 40.4 Å². The molecule has 0 saturated heterocycles. The van der Waals surface area contributed by atoms with Crippen LogP contribution in [0.2, 0.25) is 0 Å². The normalized spacial score (nSPS) is 13.2. The van der Waals surface area contributed by atoms with Gasteiger partial charge in [0.2, 0.25) is 0 Å². The van der Waals surface area contributed by atoms with Crippen molar-refractivity contribution in [3.63, 3.8) is 0 Å². The van der Waals surface area contributed by atoms with Crippen molar-refractivity contribution in [1.29, 1.82) is 0 Å². The number of benzene rings is 2. The smallest absolute Gasteiger partial charge is 0.267 e. The molecule has 0 unspecified atom stereocenters. The second-order valence-corrected chi connectivity index (χ2v) is 6.21. The summed E-state index contributed by atoms with van der Waals surface area (Å²) in [5.41, 5.74) is 2.19. The Balaban J connectivity index is 2.29. The van der Waals surface area contributed by atoms with Crippen LogP contribution in [0.4, 0.5) is 0 Å². The fraction of sp³-hybridized carbons (Fsp3) is 0.0625. The number of alkyl halides is 1. The van der Waals surface area contributed by atoms with E-state index in [9.17, 15) is 4.79 Å². The van der Waals surface area contributed by atoms with E-state index in [1.807, 2.05) is 48.5 Å². The summed E-state index contributed by atoms with van der Waals surface area (Å²) in [5, 5.41) is 0. The molecule has 0 aliphatic carbocycles. The first-order valence-electron chi connectivity index (χ1n) is 6.20. The Bertz CT molecular complexity index is 685. The third-order valence-electron chi connectivity index (χ3n) is 3.00. The molecule has 0 atom stereocenters. The van der Waals surface area contributed by atoms with Crippen molar-refractivity contribution < 1.29 is 4.79 Å². The van der Waals surface area contributed by atoms with E-state index >= 15 is 0 Å². The van der Waals surface area contributed by atoms with Crippen LogP contribution < -0.4 is 0 Å². The number of fused-ring (bicyclic) bond motifs is 2. The summed E-state index contributed by atoms with van der Waals surface area (Å²) in [6, 6.07) is 16.1. The molecule has 0 saturated carbocycles. The van der Waals surface area contributed by atoms with E-state index in [2.05, 4.69) is 16.5 Å². The Kier molecular flexibility index (Phi) is 3.81. The average Bonchev–Trinajstić information content (AvgIpc) is 2.65. The molecule has 1 aliphatic heterocycles. The zero-order valence-electron chi connectivity index (χ0n) is 10.6. The Morgan fingerprint density at radius 3 is 1.95 bits per heavy atom. The van der Waals surface area contributed by atoms with Gasteiger partial charge in [0.15, 0.2) is 0 Å². The number of hydrogen-bond acceptors (Lipinski definition) is 1. The van der Waals surface area contributed by atoms with Gasteiger partial charge in [-0.15, -0.1) is 11.6 Å². The van der Waals surface area contributed by atoms with E-state index < -0.39 is 10.7 Å². The third-order valence-corrected chi connectivity index (χ3v) is 5.20. The van der Waals surface area contributed by atoms with Gasteiger partial charge in [0.05, 0.1) is 0 Å². The van der Waals surface area contributed by atoms with Crippen LogP contribution in [-0.2, 0) is 15.5 Å². The number of carbonyl (C=O) groups excluding carboxylic acids is 1. The van der Waals surface area contributed by atoms with Gasteiger partial charge in [-0.1, -0.05) is 48.6 Å². The van der Waals surface area contributed by atoms with E-state index in [0.717, 1.165) is 20.9 Å². The summed E-state index contributed by atoms with van der Waals surface area (Å²) in [7, 11) is -0.613. The van der Waals surface area contributed by atoms with Gasteiger partial charge >= 0.3 is 0 Å². The third kappa shape index (κ3) is 2.47. The van der Waals surface area contributed by atoms with Crippen LogP contribution in [0.3, 0.4) is 0 Å². The molecule has 100 valence electrons. The SMILES string of the molecule is O=C(CCl)N=S1c2ccccc2C=Cc2ccccc21. The second kappa shape index (κ2) is 5.73. The molecule has 0 N–H and O–H groups in total. The zero-order chi connectivity index (χ0) is 13.9. The van der Waals surface area contributed by atoms with Gasteiger partial charge in [-0.25, -0.2) is 0 Å². The predicted octanol–water partition coefficient (Wildman–Crippen LogP) is 4.16. The molecule has 1 amide bonds. The Morgan fingerprint density at radius 2 is 1.45 bits per heavy atom. The van der Waals surface area contributed by atoms with Gasteiger partial charge in [-0.3, -0.25) is 4.79 Å². The fourth-order valence-electron chi connectivity index (χ4n) is 2.11. The van der Waals surface area contributed by atoms with E-state index in [1.54, 1.807) is 0 Å². The number of halogens is 1. The molecule has 1 heterocycles. The molecule has 3 rings (SSSR count). The molecular formula is C16H12ClNOS. The summed E-state index contributed by atoms with van der Waals surface area (Å²) in [6.45, 7) is 0. The lowest BCUT2D eigenvalue weighted by atomic mass is 10.1. The van der Waals surface area contributed by atoms with Crippen LogP contribution in [0.15, 0.2) is 62.7 Å². The summed E-state index contributed by atoms with van der Waals surface area (Å²) >= 11 is 5.61. The highest BCUT2D eigenvalue weighted by molar-refractivity contribution is 7.88. The van der Waals surface area contributed by atoms with Gasteiger partial charge in [-0.2, -0.15) is 4.36 Å². The predicted molar refractivity (Wildman–Crippen MR) is 83.9 cm³/mol. The molecule has 2 aromatic carbocycles. The lowest BCUT2D eigenvalue weighted by Gasteiger charge is -2.11. The van der Waals surface area contributed by atoms with Gasteiger partial charge in [0, 0.05) is 9.79 Å². The van der Waals surface area contributed by atoms with Crippen LogP contribution in [0, 0.1) is 0 Å². The molecule has 0 bridgehead atoms. The topological polar surface area (TPSA) is 29.4 Å². The van der Waals surface area contributed by atoms with Crippen LogP contribution in [0.5, 0.6) is 0 Å². The largest absolute Gasteiger partial charge is 0.271 e. The monoisotopic (exact) mass is 301 g/mol. The van der Waals surface area contributed by atoms with Crippen molar-refractivity contribution in [2.75, 3.05) is 5.88 Å². The van der Waals surface area contributed by atoms with E-state index in [0.29, 0.717) is 0 Å². The first kappa shape index (κ1) is 13.3. The van der Waals surface area contributed by atoms with Crippen molar-refractivity contribution in [1.82, 2.24) is 0 Å². The minimum absolute atomic E-state index is 0.0821. The molecule has 0 aromatic heterocycles. The molecule has 4 heteroatoms. The van der Waals surface area contributed by atoms with Gasteiger partial charge in [0.1, 0.15) is 5.88 Å². The number of carbonyl (C=O) groups is 1. The lowest BCUT2D eigenvalue weighted by Crippen LogP contribution is -2.02. The maximum Gasteiger partial charge on any atom is 0.267 e. The lowest BCUT2D eigenvalue weighted by molar-refractivity contribution is -0.115. The maximum absolute atomic E-state index is 11.7. The number of nitrogens with zero attached hydrogens (tertiary/aromatic N) is 1. The Morgan fingerprint density at radius 1 is 0.950 bits per heavy atom. The van der Waals surface area contributed by atoms with Crippen molar-refractivity contribution in [3.05, 3.63) is 59.7 Å². The number of hydrogen-bond donors (Lipinski definition) is 0. The Hall–Kier alpha value is -1.71. The molecule has 0 spiro atoms. The van der Waals surface area contributed by atoms with Crippen molar-refractivity contribution in [2.24, 2.45) is 4.36 Å². The Labute approximate surface area is 125 Å². The minimum Gasteiger partial charge on any atom is -0.271 e. The maximum atomic E-state index is 11.7.